The van der Waals surface area contributed by atoms with E-state index in [-0.39, 0.29) is 18.5 Å². The summed E-state index contributed by atoms with van der Waals surface area (Å²) in [5.74, 6) is 0.962. The number of rotatable bonds is 4. The van der Waals surface area contributed by atoms with Crippen molar-refractivity contribution in [3.63, 3.8) is 0 Å². The van der Waals surface area contributed by atoms with Crippen LogP contribution in [0.5, 0.6) is 0 Å². The standard InChI is InChI=1S/C20H24N6O/c1-15-17(16-6-4-3-5-7-16)13-25(23-15)14-19(27)26-11-8-21-12-18(26)20-22-9-10-24(20)2/h3-7,9-10,13,18,21H,8,11-12,14H2,1-2H3. The predicted octanol–water partition coefficient (Wildman–Crippen LogP) is 1.77. The third kappa shape index (κ3) is 3.50. The molecule has 0 radical (unpaired) electrons. The smallest absolute Gasteiger partial charge is 0.245 e. The molecule has 0 saturated carbocycles. The van der Waals surface area contributed by atoms with Crippen molar-refractivity contribution in [1.29, 1.82) is 0 Å². The van der Waals surface area contributed by atoms with Crippen molar-refractivity contribution in [3.05, 3.63) is 60.4 Å². The number of hydrogen-bond acceptors (Lipinski definition) is 4. The fourth-order valence-electron chi connectivity index (χ4n) is 3.66. The Morgan fingerprint density at radius 3 is 2.85 bits per heavy atom. The molecule has 1 unspecified atom stereocenters. The number of aryl methyl sites for hydroxylation is 2. The van der Waals surface area contributed by atoms with E-state index in [1.165, 1.54) is 0 Å². The molecule has 0 aliphatic carbocycles. The second-order valence-electron chi connectivity index (χ2n) is 6.90. The first-order valence-corrected chi connectivity index (χ1v) is 9.20. The first-order chi connectivity index (χ1) is 13.1. The maximum Gasteiger partial charge on any atom is 0.245 e. The van der Waals surface area contributed by atoms with Gasteiger partial charge in [0, 0.05) is 50.8 Å². The Hall–Kier alpha value is -2.93. The number of piperazine rings is 1. The lowest BCUT2D eigenvalue weighted by Crippen LogP contribution is -2.50. The summed E-state index contributed by atoms with van der Waals surface area (Å²) < 4.78 is 3.72. The molecule has 1 fully saturated rings. The van der Waals surface area contributed by atoms with Crippen LogP contribution in [0.1, 0.15) is 17.6 Å². The van der Waals surface area contributed by atoms with Gasteiger partial charge in [0.05, 0.1) is 5.69 Å². The van der Waals surface area contributed by atoms with Gasteiger partial charge in [0.15, 0.2) is 0 Å². The molecule has 7 heteroatoms. The van der Waals surface area contributed by atoms with Crippen LogP contribution >= 0.6 is 0 Å². The van der Waals surface area contributed by atoms with E-state index in [1.54, 1.807) is 10.9 Å². The van der Waals surface area contributed by atoms with Crippen molar-refractivity contribution in [2.75, 3.05) is 19.6 Å². The van der Waals surface area contributed by atoms with Crippen molar-refractivity contribution >= 4 is 5.91 Å². The molecule has 27 heavy (non-hydrogen) atoms. The molecule has 1 saturated heterocycles. The van der Waals surface area contributed by atoms with Gasteiger partial charge in [-0.15, -0.1) is 0 Å². The molecule has 3 heterocycles. The normalized spacial score (nSPS) is 17.3. The highest BCUT2D eigenvalue weighted by Gasteiger charge is 2.30. The molecule has 1 N–H and O–H groups in total. The third-order valence-corrected chi connectivity index (χ3v) is 5.05. The fraction of sp³-hybridized carbons (Fsp3) is 0.350. The number of imidazole rings is 1. The van der Waals surface area contributed by atoms with E-state index in [4.69, 9.17) is 0 Å². The number of nitrogens with one attached hydrogen (secondary N) is 1. The molecule has 1 atom stereocenters. The summed E-state index contributed by atoms with van der Waals surface area (Å²) in [5.41, 5.74) is 3.10. The van der Waals surface area contributed by atoms with E-state index in [2.05, 4.69) is 27.5 Å². The summed E-state index contributed by atoms with van der Waals surface area (Å²) in [6.45, 7) is 4.38. The molecule has 1 amide bonds. The second kappa shape index (κ2) is 7.36. The van der Waals surface area contributed by atoms with Crippen molar-refractivity contribution < 1.29 is 4.79 Å². The molecule has 7 nitrogen and oxygen atoms in total. The molecule has 140 valence electrons. The highest BCUT2D eigenvalue weighted by atomic mass is 16.2. The second-order valence-corrected chi connectivity index (χ2v) is 6.90. The van der Waals surface area contributed by atoms with Crippen LogP contribution in [-0.2, 0) is 18.4 Å². The van der Waals surface area contributed by atoms with Crippen LogP contribution in [0.25, 0.3) is 11.1 Å². The number of carbonyl (C=O) groups is 1. The molecular formula is C20H24N6O. The Morgan fingerprint density at radius 1 is 1.30 bits per heavy atom. The topological polar surface area (TPSA) is 68.0 Å². The summed E-state index contributed by atoms with van der Waals surface area (Å²) >= 11 is 0. The molecular weight excluding hydrogens is 340 g/mol. The van der Waals surface area contributed by atoms with Crippen LogP contribution in [0, 0.1) is 6.92 Å². The predicted molar refractivity (Wildman–Crippen MR) is 103 cm³/mol. The number of aromatic nitrogens is 4. The van der Waals surface area contributed by atoms with Gasteiger partial charge < -0.3 is 14.8 Å². The van der Waals surface area contributed by atoms with Gasteiger partial charge in [-0.25, -0.2) is 4.98 Å². The fourth-order valence-corrected chi connectivity index (χ4v) is 3.66. The zero-order valence-electron chi connectivity index (χ0n) is 15.7. The van der Waals surface area contributed by atoms with Crippen molar-refractivity contribution in [1.82, 2.24) is 29.5 Å². The number of amides is 1. The van der Waals surface area contributed by atoms with E-state index < -0.39 is 0 Å². The van der Waals surface area contributed by atoms with Crippen LogP contribution in [0.4, 0.5) is 0 Å². The average Bonchev–Trinajstić information content (AvgIpc) is 3.27. The van der Waals surface area contributed by atoms with Crippen LogP contribution in [-0.4, -0.2) is 49.8 Å². The molecule has 4 rings (SSSR count). The lowest BCUT2D eigenvalue weighted by Gasteiger charge is -2.35. The van der Waals surface area contributed by atoms with E-state index in [0.29, 0.717) is 13.1 Å². The van der Waals surface area contributed by atoms with Gasteiger partial charge in [0.2, 0.25) is 5.91 Å². The van der Waals surface area contributed by atoms with Gasteiger partial charge in [-0.3, -0.25) is 9.48 Å². The highest BCUT2D eigenvalue weighted by molar-refractivity contribution is 5.77. The zero-order chi connectivity index (χ0) is 18.8. The molecule has 3 aromatic rings. The van der Waals surface area contributed by atoms with Gasteiger partial charge in [0.1, 0.15) is 18.4 Å². The largest absolute Gasteiger partial charge is 0.336 e. The Morgan fingerprint density at radius 2 is 2.11 bits per heavy atom. The molecule has 1 aliphatic heterocycles. The highest BCUT2D eigenvalue weighted by Crippen LogP contribution is 2.23. The van der Waals surface area contributed by atoms with Gasteiger partial charge in [-0.05, 0) is 12.5 Å². The maximum absolute atomic E-state index is 13.0. The summed E-state index contributed by atoms with van der Waals surface area (Å²) in [5, 5.41) is 7.92. The molecule has 1 aliphatic rings. The molecule has 1 aromatic carbocycles. The van der Waals surface area contributed by atoms with Gasteiger partial charge in [0.25, 0.3) is 0 Å². The molecule has 0 spiro atoms. The summed E-state index contributed by atoms with van der Waals surface area (Å²) in [4.78, 5) is 19.4. The van der Waals surface area contributed by atoms with E-state index in [0.717, 1.165) is 29.2 Å². The minimum Gasteiger partial charge on any atom is -0.336 e. The minimum atomic E-state index is -0.0588. The minimum absolute atomic E-state index is 0.0588. The molecule has 2 aromatic heterocycles. The quantitative estimate of drug-likeness (QED) is 0.766. The summed E-state index contributed by atoms with van der Waals surface area (Å²) in [6, 6.07) is 10.1. The van der Waals surface area contributed by atoms with Crippen LogP contribution in [0.3, 0.4) is 0 Å². The van der Waals surface area contributed by atoms with Gasteiger partial charge in [-0.2, -0.15) is 5.10 Å². The number of benzene rings is 1. The first-order valence-electron chi connectivity index (χ1n) is 9.20. The van der Waals surface area contributed by atoms with E-state index in [9.17, 15) is 4.79 Å². The Bertz CT molecular complexity index is 929. The number of hydrogen-bond donors (Lipinski definition) is 1. The van der Waals surface area contributed by atoms with Crippen molar-refractivity contribution in [2.45, 2.75) is 19.5 Å². The van der Waals surface area contributed by atoms with Crippen LogP contribution < -0.4 is 5.32 Å². The van der Waals surface area contributed by atoms with Crippen molar-refractivity contribution in [3.8, 4) is 11.1 Å². The molecule has 0 bridgehead atoms. The Balaban J connectivity index is 1.54. The lowest BCUT2D eigenvalue weighted by molar-refractivity contribution is -0.135. The van der Waals surface area contributed by atoms with E-state index >= 15 is 0 Å². The third-order valence-electron chi connectivity index (χ3n) is 5.05. The SMILES string of the molecule is Cc1nn(CC(=O)N2CCNCC2c2nccn2C)cc1-c1ccccc1. The number of nitrogens with zero attached hydrogens (tertiary/aromatic N) is 5. The monoisotopic (exact) mass is 364 g/mol. The van der Waals surface area contributed by atoms with E-state index in [1.807, 2.05) is 54.0 Å². The average molecular weight is 364 g/mol. The van der Waals surface area contributed by atoms with Crippen molar-refractivity contribution in [2.24, 2.45) is 7.05 Å². The first kappa shape index (κ1) is 17.5. The zero-order valence-corrected chi connectivity index (χ0v) is 15.7. The number of carbonyl (C=O) groups excluding carboxylic acids is 1. The van der Waals surface area contributed by atoms with Crippen LogP contribution in [0.15, 0.2) is 48.9 Å². The van der Waals surface area contributed by atoms with Crippen LogP contribution in [0.2, 0.25) is 0 Å². The van der Waals surface area contributed by atoms with Gasteiger partial charge >= 0.3 is 0 Å². The Kier molecular flexibility index (Phi) is 4.77. The summed E-state index contributed by atoms with van der Waals surface area (Å²) in [6.07, 6.45) is 5.64. The van der Waals surface area contributed by atoms with Gasteiger partial charge in [-0.1, -0.05) is 30.3 Å². The Labute approximate surface area is 158 Å². The maximum atomic E-state index is 13.0. The summed E-state index contributed by atoms with van der Waals surface area (Å²) in [7, 11) is 1.96. The lowest BCUT2D eigenvalue weighted by atomic mass is 10.1.